The van der Waals surface area contributed by atoms with Crippen LogP contribution in [0.2, 0.25) is 0 Å². The van der Waals surface area contributed by atoms with E-state index < -0.39 is 0 Å². The number of hydrogen-bond acceptors (Lipinski definition) is 6. The molecule has 3 heterocycles. The second kappa shape index (κ2) is 8.90. The van der Waals surface area contributed by atoms with Crippen molar-refractivity contribution in [1.29, 1.82) is 0 Å². The van der Waals surface area contributed by atoms with Crippen molar-refractivity contribution in [1.82, 2.24) is 14.7 Å². The lowest BCUT2D eigenvalue weighted by Crippen LogP contribution is -2.24. The lowest BCUT2D eigenvalue weighted by molar-refractivity contribution is 0.102. The van der Waals surface area contributed by atoms with Crippen molar-refractivity contribution in [2.75, 3.05) is 11.9 Å². The van der Waals surface area contributed by atoms with Crippen molar-refractivity contribution in [2.45, 2.75) is 39.2 Å². The molecule has 0 fully saturated rings. The summed E-state index contributed by atoms with van der Waals surface area (Å²) in [4.78, 5) is 30.5. The number of para-hydroxylation sites is 1. The van der Waals surface area contributed by atoms with E-state index in [0.717, 1.165) is 37.1 Å². The molecule has 1 amide bonds. The predicted molar refractivity (Wildman–Crippen MR) is 125 cm³/mol. The minimum atomic E-state index is -0.366. The van der Waals surface area contributed by atoms with Gasteiger partial charge in [-0.25, -0.2) is 4.98 Å². The normalized spacial score (nSPS) is 13.4. The predicted octanol–water partition coefficient (Wildman–Crippen LogP) is 4.43. The van der Waals surface area contributed by atoms with Crippen molar-refractivity contribution in [3.63, 3.8) is 0 Å². The number of ether oxygens (including phenoxy) is 1. The van der Waals surface area contributed by atoms with Crippen molar-refractivity contribution >= 4 is 22.7 Å². The first-order valence-corrected chi connectivity index (χ1v) is 11.2. The van der Waals surface area contributed by atoms with Gasteiger partial charge in [-0.3, -0.25) is 19.5 Å². The summed E-state index contributed by atoms with van der Waals surface area (Å²) in [5, 5.41) is 7.32. The molecule has 33 heavy (non-hydrogen) atoms. The number of nitrogens with zero attached hydrogens (tertiary/aromatic N) is 3. The van der Waals surface area contributed by atoms with Crippen molar-refractivity contribution in [2.24, 2.45) is 0 Å². The second-order valence-corrected chi connectivity index (χ2v) is 7.99. The molecule has 1 N–H and O–H groups in total. The summed E-state index contributed by atoms with van der Waals surface area (Å²) >= 11 is 0. The van der Waals surface area contributed by atoms with Crippen LogP contribution in [0.15, 0.2) is 57.8 Å². The average molecular weight is 444 g/mol. The Kier molecular flexibility index (Phi) is 5.64. The Morgan fingerprint density at radius 2 is 2.03 bits per heavy atom. The van der Waals surface area contributed by atoms with Gasteiger partial charge in [0.25, 0.3) is 11.5 Å². The molecule has 0 bridgehead atoms. The highest BCUT2D eigenvalue weighted by molar-refractivity contribution is 6.05. The maximum Gasteiger partial charge on any atom is 0.261 e. The van der Waals surface area contributed by atoms with E-state index in [4.69, 9.17) is 14.2 Å². The highest BCUT2D eigenvalue weighted by Gasteiger charge is 2.17. The van der Waals surface area contributed by atoms with Crippen LogP contribution in [0.5, 0.6) is 5.75 Å². The number of fused-ring (bicyclic) bond motifs is 2. The molecule has 0 atom stereocenters. The van der Waals surface area contributed by atoms with E-state index in [0.29, 0.717) is 41.1 Å². The Hall–Kier alpha value is -3.94. The monoisotopic (exact) mass is 444 g/mol. The molecular formula is C25H24N4O4. The number of benzene rings is 2. The summed E-state index contributed by atoms with van der Waals surface area (Å²) in [6.45, 7) is 3.14. The second-order valence-electron chi connectivity index (χ2n) is 7.99. The maximum atomic E-state index is 12.9. The van der Waals surface area contributed by atoms with Crippen LogP contribution in [0.4, 0.5) is 5.88 Å². The van der Waals surface area contributed by atoms with Crippen LogP contribution in [0.1, 0.15) is 42.4 Å². The minimum Gasteiger partial charge on any atom is -0.493 e. The minimum absolute atomic E-state index is 0.0447. The summed E-state index contributed by atoms with van der Waals surface area (Å²) in [7, 11) is 0. The van der Waals surface area contributed by atoms with Gasteiger partial charge in [0.1, 0.15) is 17.3 Å². The topological polar surface area (TPSA) is 99.2 Å². The number of anilines is 1. The van der Waals surface area contributed by atoms with Gasteiger partial charge in [0.15, 0.2) is 0 Å². The Labute approximate surface area is 190 Å². The van der Waals surface area contributed by atoms with Crippen LogP contribution in [0.3, 0.4) is 0 Å². The third-order valence-electron chi connectivity index (χ3n) is 5.79. The SMILES string of the molecule is CCOc1ccccc1-c1cc(NC(=O)c2ccc3c(=O)n4c(nc3c2)CCCCC4)on1. The molecule has 2 aromatic heterocycles. The van der Waals surface area contributed by atoms with E-state index in [1.807, 2.05) is 31.2 Å². The Morgan fingerprint density at radius 3 is 2.91 bits per heavy atom. The number of rotatable bonds is 5. The van der Waals surface area contributed by atoms with E-state index in [-0.39, 0.29) is 17.4 Å². The molecule has 4 aromatic rings. The number of aromatic nitrogens is 3. The number of carbonyl (C=O) groups excluding carboxylic acids is 1. The molecule has 8 nitrogen and oxygen atoms in total. The zero-order valence-electron chi connectivity index (χ0n) is 18.3. The smallest absolute Gasteiger partial charge is 0.261 e. The van der Waals surface area contributed by atoms with Crippen LogP contribution in [-0.2, 0) is 13.0 Å². The van der Waals surface area contributed by atoms with Crippen LogP contribution in [0, 0.1) is 0 Å². The highest BCUT2D eigenvalue weighted by Crippen LogP contribution is 2.30. The fourth-order valence-corrected chi connectivity index (χ4v) is 4.16. The van der Waals surface area contributed by atoms with Gasteiger partial charge >= 0.3 is 0 Å². The number of amides is 1. The molecule has 0 spiro atoms. The van der Waals surface area contributed by atoms with Gasteiger partial charge in [-0.2, -0.15) is 0 Å². The summed E-state index contributed by atoms with van der Waals surface area (Å²) in [6, 6.07) is 14.1. The quantitative estimate of drug-likeness (QED) is 0.489. The third kappa shape index (κ3) is 4.11. The largest absolute Gasteiger partial charge is 0.493 e. The lowest BCUT2D eigenvalue weighted by atomic mass is 10.1. The van der Waals surface area contributed by atoms with E-state index in [9.17, 15) is 9.59 Å². The first-order chi connectivity index (χ1) is 16.1. The Balaban J connectivity index is 1.41. The number of aryl methyl sites for hydroxylation is 1. The number of carbonyl (C=O) groups is 1. The van der Waals surface area contributed by atoms with Gasteiger partial charge in [0, 0.05) is 30.2 Å². The average Bonchev–Trinajstić information content (AvgIpc) is 3.15. The van der Waals surface area contributed by atoms with Gasteiger partial charge < -0.3 is 9.26 Å². The van der Waals surface area contributed by atoms with Gasteiger partial charge in [-0.1, -0.05) is 23.7 Å². The molecule has 8 heteroatoms. The molecule has 0 saturated heterocycles. The first kappa shape index (κ1) is 20.9. The first-order valence-electron chi connectivity index (χ1n) is 11.2. The van der Waals surface area contributed by atoms with Crippen LogP contribution in [-0.4, -0.2) is 27.2 Å². The maximum absolute atomic E-state index is 12.9. The van der Waals surface area contributed by atoms with E-state index >= 15 is 0 Å². The summed E-state index contributed by atoms with van der Waals surface area (Å²) in [5.41, 5.74) is 2.21. The fraction of sp³-hybridized carbons (Fsp3) is 0.280. The Morgan fingerprint density at radius 1 is 1.15 bits per heavy atom. The van der Waals surface area contributed by atoms with E-state index in [2.05, 4.69) is 10.5 Å². The van der Waals surface area contributed by atoms with Gasteiger partial charge in [-0.05, 0) is 50.1 Å². The third-order valence-corrected chi connectivity index (χ3v) is 5.79. The molecule has 0 aliphatic carbocycles. The van der Waals surface area contributed by atoms with Gasteiger partial charge in [-0.15, -0.1) is 0 Å². The summed E-state index contributed by atoms with van der Waals surface area (Å²) in [5.74, 6) is 1.33. The molecule has 1 aliphatic rings. The molecule has 2 aromatic carbocycles. The molecule has 1 aliphatic heterocycles. The molecule has 5 rings (SSSR count). The molecule has 0 unspecified atom stereocenters. The van der Waals surface area contributed by atoms with Crippen molar-refractivity contribution in [3.8, 4) is 17.0 Å². The lowest BCUT2D eigenvalue weighted by Gasteiger charge is -2.10. The molecular weight excluding hydrogens is 420 g/mol. The molecule has 0 radical (unpaired) electrons. The Bertz CT molecular complexity index is 1390. The summed E-state index contributed by atoms with van der Waals surface area (Å²) in [6.07, 6.45) is 3.85. The molecule has 168 valence electrons. The molecule has 0 saturated carbocycles. The number of nitrogens with one attached hydrogen (secondary N) is 1. The van der Waals surface area contributed by atoms with Crippen LogP contribution in [0.25, 0.3) is 22.2 Å². The van der Waals surface area contributed by atoms with Crippen molar-refractivity contribution < 1.29 is 14.1 Å². The van der Waals surface area contributed by atoms with Gasteiger partial charge in [0.05, 0.1) is 17.5 Å². The number of hydrogen-bond donors (Lipinski definition) is 1. The van der Waals surface area contributed by atoms with Crippen LogP contribution < -0.4 is 15.6 Å². The zero-order chi connectivity index (χ0) is 22.8. The van der Waals surface area contributed by atoms with E-state index in [1.54, 1.807) is 28.8 Å². The van der Waals surface area contributed by atoms with Gasteiger partial charge in [0.2, 0.25) is 5.88 Å². The highest BCUT2D eigenvalue weighted by atomic mass is 16.5. The zero-order valence-corrected chi connectivity index (χ0v) is 18.3. The van der Waals surface area contributed by atoms with Crippen LogP contribution >= 0.6 is 0 Å². The standard InChI is InChI=1S/C25H24N4O4/c1-2-32-21-9-6-5-8-17(21)20-15-23(33-28-20)27-24(30)16-11-12-18-19(14-16)26-22-10-4-3-7-13-29(22)25(18)31/h5-6,8-9,11-12,14-15H,2-4,7,10,13H2,1H3,(H,27,30). The van der Waals surface area contributed by atoms with Crippen molar-refractivity contribution in [3.05, 3.63) is 70.3 Å². The van der Waals surface area contributed by atoms with E-state index in [1.165, 1.54) is 0 Å². The summed E-state index contributed by atoms with van der Waals surface area (Å²) < 4.78 is 12.7. The fourth-order valence-electron chi connectivity index (χ4n) is 4.16.